The summed E-state index contributed by atoms with van der Waals surface area (Å²) in [4.78, 5) is 62.5. The summed E-state index contributed by atoms with van der Waals surface area (Å²) in [6, 6.07) is 17.5. The smallest absolute Gasteiger partial charge is 0.257 e. The predicted octanol–water partition coefficient (Wildman–Crippen LogP) is 8.75. The van der Waals surface area contributed by atoms with Crippen LogP contribution >= 0.6 is 0 Å². The molecule has 478 valence electrons. The fourth-order valence-electron chi connectivity index (χ4n) is 9.70. The van der Waals surface area contributed by atoms with Crippen LogP contribution in [0.1, 0.15) is 157 Å². The number of rotatable bonds is 31. The maximum absolute atomic E-state index is 13.9. The Labute approximate surface area is 518 Å². The molecule has 0 aliphatic heterocycles. The molecule has 4 rings (SSSR count). The Balaban J connectivity index is 2.12. The molecule has 0 aromatic heterocycles. The van der Waals surface area contributed by atoms with Gasteiger partial charge in [-0.25, -0.2) is 0 Å². The summed E-state index contributed by atoms with van der Waals surface area (Å²) >= 11 is 0. The van der Waals surface area contributed by atoms with E-state index in [4.69, 9.17) is 18.9 Å². The van der Waals surface area contributed by atoms with Crippen molar-refractivity contribution in [2.45, 2.75) is 144 Å². The van der Waals surface area contributed by atoms with Gasteiger partial charge in [0.05, 0.1) is 0 Å². The van der Waals surface area contributed by atoms with Crippen LogP contribution in [-0.2, 0) is 66.5 Å². The van der Waals surface area contributed by atoms with Crippen molar-refractivity contribution in [1.29, 1.82) is 0 Å². The Bertz CT molecular complexity index is 2900. The Morgan fingerprint density at radius 3 is 0.791 bits per heavy atom. The number of aryl methyl sites for hydroxylation is 2. The number of carbonyl (C=O) groups excluding carboxylic acids is 4. The van der Waals surface area contributed by atoms with E-state index < -0.39 is 0 Å². The molecule has 0 saturated carbocycles. The van der Waals surface area contributed by atoms with Crippen LogP contribution in [0.15, 0.2) is 48.5 Å². The average Bonchev–Trinajstić information content (AvgIpc) is 1.76. The second-order valence-electron chi connectivity index (χ2n) is 28.3. The van der Waals surface area contributed by atoms with Crippen molar-refractivity contribution in [1.82, 2.24) is 40.9 Å². The summed E-state index contributed by atoms with van der Waals surface area (Å²) in [5, 5.41) is 12.1. The third kappa shape index (κ3) is 23.5. The molecule has 4 aromatic rings. The van der Waals surface area contributed by atoms with E-state index in [0.717, 1.165) is 66.8 Å². The van der Waals surface area contributed by atoms with Gasteiger partial charge in [0.25, 0.3) is 23.6 Å². The number of ether oxygens (including phenoxy) is 4. The molecule has 4 amide bonds. The molecule has 16 nitrogen and oxygen atoms in total. The number of nitrogens with one attached hydrogen (secondary N) is 4. The monoisotopic (exact) mass is 1190 g/mol. The first-order valence-electron chi connectivity index (χ1n) is 30.8. The first kappa shape index (κ1) is 72.3. The molecule has 0 unspecified atom stereocenters. The van der Waals surface area contributed by atoms with Crippen molar-refractivity contribution in [2.75, 3.05) is 135 Å². The lowest BCUT2D eigenvalue weighted by atomic mass is 9.80. The van der Waals surface area contributed by atoms with E-state index in [1.165, 1.54) is 0 Å². The third-order valence-electron chi connectivity index (χ3n) is 15.0. The van der Waals surface area contributed by atoms with Crippen LogP contribution in [0.25, 0.3) is 0 Å². The van der Waals surface area contributed by atoms with Crippen molar-refractivity contribution in [3.05, 3.63) is 115 Å². The molecule has 0 bridgehead atoms. The van der Waals surface area contributed by atoms with Gasteiger partial charge in [-0.2, -0.15) is 0 Å². The second kappa shape index (κ2) is 32.2. The van der Waals surface area contributed by atoms with Gasteiger partial charge in [-0.3, -0.25) is 19.2 Å². The maximum atomic E-state index is 13.9. The number of amides is 4. The summed E-state index contributed by atoms with van der Waals surface area (Å²) in [6.07, 6.45) is 1.66. The molecule has 0 atom stereocenters. The second-order valence-corrected chi connectivity index (χ2v) is 28.3. The molecule has 4 aromatic carbocycles. The Morgan fingerprint density at radius 2 is 0.558 bits per heavy atom. The van der Waals surface area contributed by atoms with Crippen LogP contribution in [0.4, 0.5) is 0 Å². The SMILES string of the molecule is CCc1cc(C(C)(C)C)cc(Cc2cc(C(C)(C)C)cc(Cc3cc(C(C)(C)C)cc(Cc4cc(C(C)(C)C)cc(C)c4OCC(=O)NCCN(C)C)c3OCC(=O)NCCN(C)C)c2OCC(=O)NCCN(C)C)c1OCC(=O)NCCN(C)C. The van der Waals surface area contributed by atoms with Gasteiger partial charge in [-0.1, -0.05) is 139 Å². The van der Waals surface area contributed by atoms with Crippen molar-refractivity contribution < 1.29 is 38.1 Å². The van der Waals surface area contributed by atoms with Crippen molar-refractivity contribution in [3.63, 3.8) is 0 Å². The average molecular weight is 1190 g/mol. The number of nitrogens with zero attached hydrogens (tertiary/aromatic N) is 4. The van der Waals surface area contributed by atoms with Crippen molar-refractivity contribution in [2.24, 2.45) is 0 Å². The predicted molar refractivity (Wildman–Crippen MR) is 351 cm³/mol. The molecular weight excluding hydrogens is 1080 g/mol. The topological polar surface area (TPSA) is 166 Å². The molecule has 0 saturated heterocycles. The highest BCUT2D eigenvalue weighted by Gasteiger charge is 2.29. The number of hydrogen-bond donors (Lipinski definition) is 4. The van der Waals surface area contributed by atoms with E-state index in [9.17, 15) is 19.2 Å². The van der Waals surface area contributed by atoms with Gasteiger partial charge in [0.15, 0.2) is 26.4 Å². The molecule has 0 spiro atoms. The van der Waals surface area contributed by atoms with E-state index in [2.05, 4.69) is 160 Å². The molecular formula is C70H110N8O8. The quantitative estimate of drug-likeness (QED) is 0.0379. The Hall–Kier alpha value is -6.20. The van der Waals surface area contributed by atoms with Crippen molar-refractivity contribution >= 4 is 23.6 Å². The van der Waals surface area contributed by atoms with E-state index in [0.29, 0.717) is 101 Å². The lowest BCUT2D eigenvalue weighted by Gasteiger charge is -2.28. The van der Waals surface area contributed by atoms with Gasteiger partial charge < -0.3 is 59.8 Å². The standard InChI is InChI=1S/C70H110N8O8/c1-23-48-36-56(68(6,7)8)38-50(64(48)84-44-60(80)72-25-29-76(17)18)34-52-40-58(70(12,13)14)42-54(66(52)86-46-62(82)74-27-31-78(21)22)35-53-41-57(69(9,10)11)39-51(65(53)85-45-61(81)73-26-30-77(19)20)33-49-37-55(67(3,4)5)32-47(2)63(49)83-43-59(79)71-24-28-75(15)16/h32,36-42H,23-31,33-35,43-46H2,1-22H3,(H,71,79)(H,72,80)(H,73,81)(H,74,82). The summed E-state index contributed by atoms with van der Waals surface area (Å²) in [7, 11) is 15.7. The molecule has 16 heteroatoms. The summed E-state index contributed by atoms with van der Waals surface area (Å²) in [5.74, 6) is 1.44. The first-order chi connectivity index (χ1) is 40.0. The Morgan fingerprint density at radius 1 is 0.349 bits per heavy atom. The minimum absolute atomic E-state index is 0.158. The summed E-state index contributed by atoms with van der Waals surface area (Å²) < 4.78 is 27.0. The molecule has 0 fully saturated rings. The van der Waals surface area contributed by atoms with Crippen LogP contribution in [0.2, 0.25) is 0 Å². The number of carbonyl (C=O) groups is 4. The van der Waals surface area contributed by atoms with Crippen LogP contribution < -0.4 is 40.2 Å². The molecule has 4 N–H and O–H groups in total. The lowest BCUT2D eigenvalue weighted by Crippen LogP contribution is -2.34. The van der Waals surface area contributed by atoms with Gasteiger partial charge in [-0.15, -0.1) is 0 Å². The van der Waals surface area contributed by atoms with Crippen LogP contribution in [-0.4, -0.2) is 178 Å². The lowest BCUT2D eigenvalue weighted by molar-refractivity contribution is -0.123. The summed E-state index contributed by atoms with van der Waals surface area (Å²) in [5.41, 5.74) is 10.2. The van der Waals surface area contributed by atoms with Crippen molar-refractivity contribution in [3.8, 4) is 23.0 Å². The normalized spacial score (nSPS) is 12.3. The number of likely N-dealkylation sites (N-methyl/N-ethyl adjacent to an activating group) is 4. The number of hydrogen-bond acceptors (Lipinski definition) is 12. The summed E-state index contributed by atoms with van der Waals surface area (Å²) in [6.45, 7) is 34.2. The van der Waals surface area contributed by atoms with Gasteiger partial charge in [0, 0.05) is 71.6 Å². The largest absolute Gasteiger partial charge is 0.483 e. The zero-order valence-electron chi connectivity index (χ0n) is 57.0. The van der Waals surface area contributed by atoms with Gasteiger partial charge in [0.2, 0.25) is 0 Å². The number of benzene rings is 4. The van der Waals surface area contributed by atoms with Gasteiger partial charge in [-0.05, 0) is 158 Å². The molecule has 0 radical (unpaired) electrons. The Kier molecular flexibility index (Phi) is 27.0. The highest BCUT2D eigenvalue weighted by Crippen LogP contribution is 2.43. The van der Waals surface area contributed by atoms with Gasteiger partial charge >= 0.3 is 0 Å². The fraction of sp³-hybridized carbons (Fsp3) is 0.600. The molecule has 0 aliphatic carbocycles. The highest BCUT2D eigenvalue weighted by atomic mass is 16.5. The minimum atomic E-state index is -0.352. The molecule has 86 heavy (non-hydrogen) atoms. The first-order valence-corrected chi connectivity index (χ1v) is 30.8. The van der Waals surface area contributed by atoms with Crippen LogP contribution in [0, 0.1) is 6.92 Å². The van der Waals surface area contributed by atoms with E-state index in [1.54, 1.807) is 0 Å². The van der Waals surface area contributed by atoms with E-state index >= 15 is 0 Å². The highest BCUT2D eigenvalue weighted by molar-refractivity contribution is 5.79. The molecule has 0 heterocycles. The molecule has 0 aliphatic rings. The van der Waals surface area contributed by atoms with E-state index in [1.807, 2.05) is 82.9 Å². The fourth-order valence-corrected chi connectivity index (χ4v) is 9.70. The van der Waals surface area contributed by atoms with E-state index in [-0.39, 0.29) is 71.7 Å². The van der Waals surface area contributed by atoms with Crippen LogP contribution in [0.3, 0.4) is 0 Å². The zero-order chi connectivity index (χ0) is 64.5. The van der Waals surface area contributed by atoms with Gasteiger partial charge in [0.1, 0.15) is 23.0 Å². The maximum Gasteiger partial charge on any atom is 0.257 e. The van der Waals surface area contributed by atoms with Crippen LogP contribution in [0.5, 0.6) is 23.0 Å². The zero-order valence-corrected chi connectivity index (χ0v) is 57.0. The minimum Gasteiger partial charge on any atom is -0.483 e. The third-order valence-corrected chi connectivity index (χ3v) is 15.0.